The Balaban J connectivity index is 1.46. The van der Waals surface area contributed by atoms with E-state index in [9.17, 15) is 22.7 Å². The third kappa shape index (κ3) is 6.03. The second kappa shape index (κ2) is 10.4. The van der Waals surface area contributed by atoms with Gasteiger partial charge >= 0.3 is 10.3 Å². The lowest BCUT2D eigenvalue weighted by Gasteiger charge is -2.16. The van der Waals surface area contributed by atoms with E-state index < -0.39 is 28.3 Å². The van der Waals surface area contributed by atoms with E-state index >= 15 is 0 Å². The highest BCUT2D eigenvalue weighted by Gasteiger charge is 2.37. The smallest absolute Gasteiger partial charge is 0.335 e. The Morgan fingerprint density at radius 1 is 1.31 bits per heavy atom. The van der Waals surface area contributed by atoms with Gasteiger partial charge in [-0.25, -0.2) is 4.39 Å². The van der Waals surface area contributed by atoms with Gasteiger partial charge in [0, 0.05) is 37.4 Å². The fraction of sp³-hybridized carbons (Fsp3) is 0.318. The van der Waals surface area contributed by atoms with Gasteiger partial charge in [-0.1, -0.05) is 17.7 Å². The molecule has 35 heavy (non-hydrogen) atoms. The van der Waals surface area contributed by atoms with Crippen LogP contribution < -0.4 is 10.0 Å². The van der Waals surface area contributed by atoms with Gasteiger partial charge in [-0.2, -0.15) is 18.2 Å². The Morgan fingerprint density at radius 2 is 2.11 bits per heavy atom. The first kappa shape index (κ1) is 25.2. The van der Waals surface area contributed by atoms with Crippen LogP contribution in [0.2, 0.25) is 5.02 Å². The Kier molecular flexibility index (Phi) is 7.47. The van der Waals surface area contributed by atoms with Crippen LogP contribution >= 0.6 is 11.6 Å². The van der Waals surface area contributed by atoms with Crippen LogP contribution in [0.15, 0.2) is 48.9 Å². The van der Waals surface area contributed by atoms with Crippen LogP contribution in [0.5, 0.6) is 0 Å². The quantitative estimate of drug-likeness (QED) is 0.363. The van der Waals surface area contributed by atoms with Gasteiger partial charge in [0.15, 0.2) is 0 Å². The molecule has 1 saturated carbocycles. The molecule has 3 aromatic rings. The number of halogens is 2. The SMILES string of the molecule is CNS(=O)(=O)O[C@@H]1C[C@H](Nc2ccncc2C(=O)c2ccn(Cc3ccc(F)c(Cl)c3)n2)C[C@@H]1O. The van der Waals surface area contributed by atoms with Crippen molar-refractivity contribution in [3.05, 3.63) is 76.6 Å². The number of rotatable bonds is 9. The van der Waals surface area contributed by atoms with Crippen molar-refractivity contribution < 1.29 is 26.9 Å². The second-order valence-corrected chi connectivity index (χ2v) is 9.99. The molecule has 0 bridgehead atoms. The summed E-state index contributed by atoms with van der Waals surface area (Å²) in [6, 6.07) is 7.20. The molecular formula is C22H23ClFN5O5S. The molecule has 3 N–H and O–H groups in total. The Morgan fingerprint density at radius 3 is 2.86 bits per heavy atom. The zero-order valence-electron chi connectivity index (χ0n) is 18.6. The summed E-state index contributed by atoms with van der Waals surface area (Å²) in [7, 11) is -2.73. The average molecular weight is 524 g/mol. The molecule has 0 unspecified atom stereocenters. The summed E-state index contributed by atoms with van der Waals surface area (Å²) in [6.45, 7) is 0.294. The van der Waals surface area contributed by atoms with Gasteiger partial charge < -0.3 is 10.4 Å². The number of hydrogen-bond acceptors (Lipinski definition) is 8. The van der Waals surface area contributed by atoms with Crippen LogP contribution in [-0.4, -0.2) is 59.4 Å². The van der Waals surface area contributed by atoms with Crippen molar-refractivity contribution in [2.75, 3.05) is 12.4 Å². The van der Waals surface area contributed by atoms with Gasteiger partial charge in [-0.15, -0.1) is 0 Å². The summed E-state index contributed by atoms with van der Waals surface area (Å²) in [5, 5.41) is 17.7. The van der Waals surface area contributed by atoms with Gasteiger partial charge in [0.25, 0.3) is 0 Å². The van der Waals surface area contributed by atoms with Crippen LogP contribution in [0.3, 0.4) is 0 Å². The molecule has 1 aliphatic rings. The van der Waals surface area contributed by atoms with Crippen LogP contribution in [0.4, 0.5) is 10.1 Å². The van der Waals surface area contributed by atoms with E-state index in [1.165, 1.54) is 36.3 Å². The van der Waals surface area contributed by atoms with E-state index in [-0.39, 0.29) is 40.9 Å². The van der Waals surface area contributed by atoms with Gasteiger partial charge in [-0.05, 0) is 42.7 Å². The number of pyridine rings is 1. The first-order chi connectivity index (χ1) is 16.6. The zero-order chi connectivity index (χ0) is 25.2. The van der Waals surface area contributed by atoms with Crippen molar-refractivity contribution in [3.63, 3.8) is 0 Å². The van der Waals surface area contributed by atoms with E-state index in [2.05, 4.69) is 20.1 Å². The topological polar surface area (TPSA) is 135 Å². The maximum atomic E-state index is 13.4. The lowest BCUT2D eigenvalue weighted by molar-refractivity contribution is 0.0636. The van der Waals surface area contributed by atoms with Crippen LogP contribution in [0.25, 0.3) is 0 Å². The number of aliphatic hydroxyl groups is 1. The van der Waals surface area contributed by atoms with Gasteiger partial charge in [0.1, 0.15) is 17.6 Å². The van der Waals surface area contributed by atoms with E-state index in [1.54, 1.807) is 24.4 Å². The molecule has 2 heterocycles. The monoisotopic (exact) mass is 523 g/mol. The third-order valence-electron chi connectivity index (χ3n) is 5.60. The predicted molar refractivity (Wildman–Crippen MR) is 126 cm³/mol. The number of nitrogens with zero attached hydrogens (tertiary/aromatic N) is 3. The first-order valence-electron chi connectivity index (χ1n) is 10.7. The lowest BCUT2D eigenvalue weighted by Crippen LogP contribution is -2.31. The van der Waals surface area contributed by atoms with Gasteiger partial charge in [-0.3, -0.25) is 18.6 Å². The molecular weight excluding hydrogens is 501 g/mol. The van der Waals surface area contributed by atoms with Crippen molar-refractivity contribution in [3.8, 4) is 0 Å². The molecule has 0 amide bonds. The number of aromatic nitrogens is 3. The molecule has 0 saturated heterocycles. The lowest BCUT2D eigenvalue weighted by atomic mass is 10.1. The molecule has 3 atom stereocenters. The van der Waals surface area contributed by atoms with Gasteiger partial charge in [0.2, 0.25) is 5.78 Å². The summed E-state index contributed by atoms with van der Waals surface area (Å²) in [5.74, 6) is -0.889. The number of carbonyl (C=O) groups excluding carboxylic acids is 1. The molecule has 13 heteroatoms. The number of ketones is 1. The van der Waals surface area contributed by atoms with Crippen molar-refractivity contribution in [2.45, 2.75) is 37.6 Å². The molecule has 1 aromatic carbocycles. The van der Waals surface area contributed by atoms with Gasteiger partial charge in [0.05, 0.1) is 23.2 Å². The molecule has 186 valence electrons. The van der Waals surface area contributed by atoms with E-state index in [4.69, 9.17) is 15.8 Å². The normalized spacial score (nSPS) is 20.2. The maximum absolute atomic E-state index is 13.4. The minimum Gasteiger partial charge on any atom is -0.390 e. The fourth-order valence-corrected chi connectivity index (χ4v) is 4.70. The van der Waals surface area contributed by atoms with Crippen molar-refractivity contribution in [1.82, 2.24) is 19.5 Å². The Hall–Kier alpha value is -2.90. The molecule has 4 rings (SSSR count). The van der Waals surface area contributed by atoms with Crippen molar-refractivity contribution in [1.29, 1.82) is 0 Å². The highest BCUT2D eigenvalue weighted by molar-refractivity contribution is 7.84. The maximum Gasteiger partial charge on any atom is 0.335 e. The molecule has 10 nitrogen and oxygen atoms in total. The third-order valence-corrected chi connectivity index (χ3v) is 6.89. The molecule has 2 aromatic heterocycles. The number of benzene rings is 1. The molecule has 0 spiro atoms. The van der Waals surface area contributed by atoms with Crippen molar-refractivity contribution >= 4 is 33.4 Å². The summed E-state index contributed by atoms with van der Waals surface area (Å²) in [4.78, 5) is 17.2. The summed E-state index contributed by atoms with van der Waals surface area (Å²) in [6.07, 6.45) is 3.09. The number of hydrogen-bond donors (Lipinski definition) is 3. The van der Waals surface area contributed by atoms with Crippen LogP contribution in [-0.2, 0) is 21.0 Å². The van der Waals surface area contributed by atoms with Crippen LogP contribution in [0, 0.1) is 5.82 Å². The number of nitrogens with one attached hydrogen (secondary N) is 2. The first-order valence-corrected chi connectivity index (χ1v) is 12.5. The highest BCUT2D eigenvalue weighted by atomic mass is 35.5. The molecule has 1 fully saturated rings. The molecule has 0 aliphatic heterocycles. The minimum atomic E-state index is -3.95. The minimum absolute atomic E-state index is 0.00487. The van der Waals surface area contributed by atoms with E-state index in [0.29, 0.717) is 12.2 Å². The Labute approximate surface area is 206 Å². The van der Waals surface area contributed by atoms with E-state index in [0.717, 1.165) is 5.56 Å². The summed E-state index contributed by atoms with van der Waals surface area (Å²) >= 11 is 5.83. The molecule has 1 aliphatic carbocycles. The van der Waals surface area contributed by atoms with Crippen molar-refractivity contribution in [2.24, 2.45) is 0 Å². The number of carbonyl (C=O) groups is 1. The Bertz CT molecular complexity index is 1340. The molecule has 0 radical (unpaired) electrons. The zero-order valence-corrected chi connectivity index (χ0v) is 20.1. The standard InChI is InChI=1S/C22H23ClFN5O5S/c1-25-35(32,33)34-21-10-14(9-20(21)30)27-18-4-6-26-11-15(18)22(31)19-5-7-29(28-19)12-13-2-3-17(24)16(23)8-13/h2-8,11,14,20-21,25,30H,9-10,12H2,1H3,(H,26,27)/t14-,20+,21-/m1/s1. The average Bonchev–Trinajstić information content (AvgIpc) is 3.42. The highest BCUT2D eigenvalue weighted by Crippen LogP contribution is 2.28. The largest absolute Gasteiger partial charge is 0.390 e. The number of anilines is 1. The second-order valence-electron chi connectivity index (χ2n) is 8.07. The van der Waals surface area contributed by atoms with Crippen LogP contribution in [0.1, 0.15) is 34.5 Å². The fourth-order valence-electron chi connectivity index (χ4n) is 3.86. The predicted octanol–water partition coefficient (Wildman–Crippen LogP) is 2.13. The summed E-state index contributed by atoms with van der Waals surface area (Å²) < 4.78 is 45.3. The summed E-state index contributed by atoms with van der Waals surface area (Å²) in [5.41, 5.74) is 1.64. The number of aliphatic hydroxyl groups excluding tert-OH is 1. The van der Waals surface area contributed by atoms with E-state index in [1.807, 2.05) is 0 Å².